The average molecular weight is 326 g/mol. The van der Waals surface area contributed by atoms with Crippen molar-refractivity contribution in [3.63, 3.8) is 0 Å². The van der Waals surface area contributed by atoms with E-state index >= 15 is 0 Å². The predicted molar refractivity (Wildman–Crippen MR) is 80.9 cm³/mol. The van der Waals surface area contributed by atoms with E-state index in [0.29, 0.717) is 0 Å². The second-order valence-electron chi connectivity index (χ2n) is 6.57. The second-order valence-corrected chi connectivity index (χ2v) is 6.57. The molecular formula is C16H20F2N2O3. The van der Waals surface area contributed by atoms with Gasteiger partial charge in [-0.3, -0.25) is 4.79 Å². The highest BCUT2D eigenvalue weighted by molar-refractivity contribution is 6.04. The van der Waals surface area contributed by atoms with Crippen molar-refractivity contribution in [2.45, 2.75) is 39.3 Å². The van der Waals surface area contributed by atoms with E-state index in [4.69, 9.17) is 4.84 Å². The van der Waals surface area contributed by atoms with Gasteiger partial charge in [-0.25, -0.2) is 8.78 Å². The Bertz CT molecular complexity index is 626. The van der Waals surface area contributed by atoms with Gasteiger partial charge in [-0.1, -0.05) is 25.9 Å². The summed E-state index contributed by atoms with van der Waals surface area (Å²) in [6, 6.07) is 2.58. The number of carbonyl (C=O) groups is 1. The van der Waals surface area contributed by atoms with Gasteiger partial charge in [0.2, 0.25) is 6.10 Å². The van der Waals surface area contributed by atoms with Crippen molar-refractivity contribution in [2.24, 2.45) is 10.6 Å². The van der Waals surface area contributed by atoms with Crippen LogP contribution in [0.25, 0.3) is 0 Å². The van der Waals surface area contributed by atoms with Gasteiger partial charge in [-0.2, -0.15) is 0 Å². The minimum absolute atomic E-state index is 0.0187. The molecule has 0 aliphatic carbocycles. The number of hydrogen-bond donors (Lipinski definition) is 2. The van der Waals surface area contributed by atoms with E-state index in [1.54, 1.807) is 0 Å². The Morgan fingerprint density at radius 3 is 2.78 bits per heavy atom. The second kappa shape index (κ2) is 6.62. The first-order valence-electron chi connectivity index (χ1n) is 7.31. The maximum absolute atomic E-state index is 13.7. The SMILES string of the molecule is CC(C)(C)[C@@H](CO)NC(=O)C1CC(c2cc(F)ccc2F)=NO1. The highest BCUT2D eigenvalue weighted by Crippen LogP contribution is 2.22. The molecule has 23 heavy (non-hydrogen) atoms. The fourth-order valence-corrected chi connectivity index (χ4v) is 2.20. The number of nitrogens with one attached hydrogen (secondary N) is 1. The third-order valence-corrected chi connectivity index (χ3v) is 3.75. The molecule has 0 saturated heterocycles. The van der Waals surface area contributed by atoms with Gasteiger partial charge in [0.25, 0.3) is 5.91 Å². The maximum Gasteiger partial charge on any atom is 0.264 e. The predicted octanol–water partition coefficient (Wildman–Crippen LogP) is 1.98. The summed E-state index contributed by atoms with van der Waals surface area (Å²) in [7, 11) is 0. The molecule has 1 aromatic rings. The number of benzene rings is 1. The molecule has 7 heteroatoms. The van der Waals surface area contributed by atoms with Gasteiger partial charge >= 0.3 is 0 Å². The van der Waals surface area contributed by atoms with E-state index < -0.39 is 29.7 Å². The molecule has 1 aromatic carbocycles. The number of carbonyl (C=O) groups excluding carboxylic acids is 1. The molecule has 1 unspecified atom stereocenters. The van der Waals surface area contributed by atoms with E-state index in [2.05, 4.69) is 10.5 Å². The highest BCUT2D eigenvalue weighted by atomic mass is 19.1. The van der Waals surface area contributed by atoms with Crippen LogP contribution < -0.4 is 5.32 Å². The molecule has 1 aliphatic rings. The number of rotatable bonds is 4. The molecule has 126 valence electrons. The lowest BCUT2D eigenvalue weighted by molar-refractivity contribution is -0.133. The van der Waals surface area contributed by atoms with Gasteiger partial charge in [0.1, 0.15) is 11.6 Å². The molecule has 0 saturated carbocycles. The van der Waals surface area contributed by atoms with Crippen molar-refractivity contribution in [2.75, 3.05) is 6.61 Å². The van der Waals surface area contributed by atoms with Crippen LogP contribution in [-0.2, 0) is 9.63 Å². The quantitative estimate of drug-likeness (QED) is 0.889. The van der Waals surface area contributed by atoms with Crippen molar-refractivity contribution in [1.82, 2.24) is 5.32 Å². The summed E-state index contributed by atoms with van der Waals surface area (Å²) in [5.41, 5.74) is -0.172. The van der Waals surface area contributed by atoms with Crippen LogP contribution in [0.3, 0.4) is 0 Å². The minimum atomic E-state index is -0.927. The lowest BCUT2D eigenvalue weighted by Crippen LogP contribution is -2.49. The van der Waals surface area contributed by atoms with Gasteiger partial charge < -0.3 is 15.3 Å². The summed E-state index contributed by atoms with van der Waals surface area (Å²) in [4.78, 5) is 17.2. The van der Waals surface area contributed by atoms with Gasteiger partial charge in [0, 0.05) is 12.0 Å². The number of halogens is 2. The molecule has 5 nitrogen and oxygen atoms in total. The summed E-state index contributed by atoms with van der Waals surface area (Å²) in [5.74, 6) is -1.67. The number of nitrogens with zero attached hydrogens (tertiary/aromatic N) is 1. The molecule has 2 atom stereocenters. The lowest BCUT2D eigenvalue weighted by atomic mass is 9.87. The third-order valence-electron chi connectivity index (χ3n) is 3.75. The Labute approximate surface area is 133 Å². The number of hydrogen-bond acceptors (Lipinski definition) is 4. The van der Waals surface area contributed by atoms with Gasteiger partial charge in [0.15, 0.2) is 0 Å². The molecule has 2 N–H and O–H groups in total. The first kappa shape index (κ1) is 17.3. The number of aliphatic hydroxyl groups is 1. The fourth-order valence-electron chi connectivity index (χ4n) is 2.20. The molecule has 0 radical (unpaired) electrons. The normalized spacial score (nSPS) is 19.0. The standard InChI is InChI=1S/C16H20F2N2O3/c1-16(2,3)14(8-21)19-15(22)13-7-12(20-23-13)10-6-9(17)4-5-11(10)18/h4-6,13-14,21H,7-8H2,1-3H3,(H,19,22)/t13?,14-/m1/s1. The zero-order chi connectivity index (χ0) is 17.2. The molecule has 0 aromatic heterocycles. The average Bonchev–Trinajstić information content (AvgIpc) is 2.95. The van der Waals surface area contributed by atoms with Crippen molar-refractivity contribution in [1.29, 1.82) is 0 Å². The number of amides is 1. The van der Waals surface area contributed by atoms with E-state index in [1.165, 1.54) is 0 Å². The van der Waals surface area contributed by atoms with Crippen LogP contribution in [0.5, 0.6) is 0 Å². The van der Waals surface area contributed by atoms with Crippen molar-refractivity contribution >= 4 is 11.6 Å². The zero-order valence-electron chi connectivity index (χ0n) is 13.3. The van der Waals surface area contributed by atoms with Crippen LogP contribution in [0, 0.1) is 17.0 Å². The Morgan fingerprint density at radius 2 is 2.17 bits per heavy atom. The zero-order valence-corrected chi connectivity index (χ0v) is 13.3. The topological polar surface area (TPSA) is 70.9 Å². The van der Waals surface area contributed by atoms with Crippen molar-refractivity contribution in [3.8, 4) is 0 Å². The van der Waals surface area contributed by atoms with Crippen LogP contribution in [0.4, 0.5) is 8.78 Å². The largest absolute Gasteiger partial charge is 0.394 e. The lowest BCUT2D eigenvalue weighted by Gasteiger charge is -2.30. The minimum Gasteiger partial charge on any atom is -0.394 e. The summed E-state index contributed by atoms with van der Waals surface area (Å²) in [6.07, 6.45) is -0.891. The molecular weight excluding hydrogens is 306 g/mol. The van der Waals surface area contributed by atoms with Crippen molar-refractivity contribution < 1.29 is 23.5 Å². The summed E-state index contributed by atoms with van der Waals surface area (Å²) < 4.78 is 27.0. The first-order chi connectivity index (χ1) is 10.7. The molecule has 0 fully saturated rings. The summed E-state index contributed by atoms with van der Waals surface area (Å²) in [5, 5.41) is 15.8. The Kier molecular flexibility index (Phi) is 4.99. The van der Waals surface area contributed by atoms with Crippen LogP contribution in [0.15, 0.2) is 23.4 Å². The van der Waals surface area contributed by atoms with Gasteiger partial charge in [-0.15, -0.1) is 0 Å². The molecule has 1 heterocycles. The third kappa shape index (κ3) is 4.04. The highest BCUT2D eigenvalue weighted by Gasteiger charge is 2.33. The smallest absolute Gasteiger partial charge is 0.264 e. The monoisotopic (exact) mass is 326 g/mol. The summed E-state index contributed by atoms with van der Waals surface area (Å²) in [6.45, 7) is 5.43. The molecule has 0 bridgehead atoms. The Hall–Kier alpha value is -2.02. The van der Waals surface area contributed by atoms with Crippen LogP contribution in [0.2, 0.25) is 0 Å². The maximum atomic E-state index is 13.7. The number of oxime groups is 1. The van der Waals surface area contributed by atoms with E-state index in [1.807, 2.05) is 20.8 Å². The Balaban J connectivity index is 2.04. The van der Waals surface area contributed by atoms with E-state index in [-0.39, 0.29) is 29.7 Å². The number of aliphatic hydroxyl groups excluding tert-OH is 1. The van der Waals surface area contributed by atoms with Crippen LogP contribution in [0.1, 0.15) is 32.8 Å². The fraction of sp³-hybridized carbons (Fsp3) is 0.500. The molecule has 0 spiro atoms. The van der Waals surface area contributed by atoms with Gasteiger partial charge in [-0.05, 0) is 23.6 Å². The van der Waals surface area contributed by atoms with Crippen molar-refractivity contribution in [3.05, 3.63) is 35.4 Å². The van der Waals surface area contributed by atoms with E-state index in [0.717, 1.165) is 18.2 Å². The summed E-state index contributed by atoms with van der Waals surface area (Å²) >= 11 is 0. The van der Waals surface area contributed by atoms with Gasteiger partial charge in [0.05, 0.1) is 18.4 Å². The molecule has 1 amide bonds. The molecule has 2 rings (SSSR count). The first-order valence-corrected chi connectivity index (χ1v) is 7.31. The Morgan fingerprint density at radius 1 is 1.48 bits per heavy atom. The molecule has 1 aliphatic heterocycles. The van der Waals surface area contributed by atoms with Crippen LogP contribution in [-0.4, -0.2) is 35.5 Å². The van der Waals surface area contributed by atoms with Crippen LogP contribution >= 0.6 is 0 Å². The van der Waals surface area contributed by atoms with E-state index in [9.17, 15) is 18.7 Å².